The van der Waals surface area contributed by atoms with E-state index in [1.54, 1.807) is 0 Å². The van der Waals surface area contributed by atoms with Crippen LogP contribution in [0.4, 0.5) is 0 Å². The van der Waals surface area contributed by atoms with Crippen molar-refractivity contribution in [3.05, 3.63) is 0 Å². The smallest absolute Gasteiger partial charge is 0.138 e. The van der Waals surface area contributed by atoms with Crippen LogP contribution in [0.5, 0.6) is 0 Å². The molecule has 0 bridgehead atoms. The monoisotopic (exact) mass is 206 g/mol. The summed E-state index contributed by atoms with van der Waals surface area (Å²) in [7, 11) is 1.94. The summed E-state index contributed by atoms with van der Waals surface area (Å²) in [5, 5.41) is 9.04. The van der Waals surface area contributed by atoms with Gasteiger partial charge in [0.2, 0.25) is 0 Å². The first-order chi connectivity index (χ1) is 5.35. The van der Waals surface area contributed by atoms with E-state index in [9.17, 15) is 0 Å². The number of nitrogens with one attached hydrogen (secondary N) is 1. The molecule has 0 aromatic rings. The van der Waals surface area contributed by atoms with Crippen molar-refractivity contribution in [3.63, 3.8) is 0 Å². The van der Waals surface area contributed by atoms with E-state index in [0.29, 0.717) is 0 Å². The fourth-order valence-electron chi connectivity index (χ4n) is 1.08. The lowest BCUT2D eigenvalue weighted by Crippen LogP contribution is -2.56. The molecular formula is C7H14N2OS2. The Kier molecular flexibility index (Phi) is 2.42. The largest absolute Gasteiger partial charge is 0.353 e. The first-order valence-corrected chi connectivity index (χ1v) is 4.96. The minimum atomic E-state index is -0.418. The zero-order chi connectivity index (χ0) is 9.57. The van der Waals surface area contributed by atoms with E-state index >= 15 is 0 Å². The van der Waals surface area contributed by atoms with Crippen LogP contribution in [0.3, 0.4) is 0 Å². The molecule has 1 aliphatic heterocycles. The Morgan fingerprint density at radius 3 is 2.17 bits per heavy atom. The predicted molar refractivity (Wildman–Crippen MR) is 55.4 cm³/mol. The molecule has 0 unspecified atom stereocenters. The number of likely N-dealkylation sites (N-methyl/N-ethyl adjacent to an activating group) is 1. The molecule has 1 fully saturated rings. The van der Waals surface area contributed by atoms with Crippen molar-refractivity contribution in [1.82, 2.24) is 10.4 Å². The lowest BCUT2D eigenvalue weighted by atomic mass is 9.95. The zero-order valence-corrected chi connectivity index (χ0v) is 9.34. The number of rotatable bonds is 1. The first kappa shape index (κ1) is 10.2. The Bertz CT molecular complexity index is 217. The molecule has 3 nitrogen and oxygen atoms in total. The predicted octanol–water partition coefficient (Wildman–Crippen LogP) is 1.42. The van der Waals surface area contributed by atoms with Crippen molar-refractivity contribution in [2.24, 2.45) is 0 Å². The third-order valence-electron chi connectivity index (χ3n) is 2.78. The van der Waals surface area contributed by atoms with Crippen LogP contribution < -0.4 is 5.48 Å². The average molecular weight is 206 g/mol. The second-order valence-corrected chi connectivity index (χ2v) is 5.68. The molecule has 1 aliphatic rings. The van der Waals surface area contributed by atoms with Gasteiger partial charge in [0.15, 0.2) is 0 Å². The van der Waals surface area contributed by atoms with Crippen LogP contribution in [0.1, 0.15) is 20.8 Å². The third-order valence-corrected chi connectivity index (χ3v) is 4.76. The van der Waals surface area contributed by atoms with E-state index in [0.717, 1.165) is 4.32 Å². The van der Waals surface area contributed by atoms with E-state index in [1.807, 2.05) is 32.7 Å². The van der Waals surface area contributed by atoms with Crippen LogP contribution in [0, 0.1) is 0 Å². The fourth-order valence-corrected chi connectivity index (χ4v) is 2.95. The molecule has 70 valence electrons. The highest BCUT2D eigenvalue weighted by atomic mass is 32.2. The molecule has 0 aromatic heterocycles. The molecule has 0 saturated carbocycles. The van der Waals surface area contributed by atoms with Crippen molar-refractivity contribution in [2.75, 3.05) is 7.05 Å². The number of thiocarbonyl (C=S) groups is 1. The Morgan fingerprint density at radius 1 is 1.50 bits per heavy atom. The van der Waals surface area contributed by atoms with Crippen LogP contribution in [-0.4, -0.2) is 31.9 Å². The minimum Gasteiger partial charge on any atom is -0.353 e. The van der Waals surface area contributed by atoms with Gasteiger partial charge in [0, 0.05) is 7.05 Å². The van der Waals surface area contributed by atoms with Crippen LogP contribution in [0.25, 0.3) is 0 Å². The maximum atomic E-state index is 9.04. The number of hydrogen-bond acceptors (Lipinski definition) is 4. The van der Waals surface area contributed by atoms with E-state index in [4.69, 9.17) is 17.4 Å². The average Bonchev–Trinajstić information content (AvgIpc) is 2.14. The third kappa shape index (κ3) is 1.16. The molecule has 1 heterocycles. The van der Waals surface area contributed by atoms with E-state index < -0.39 is 4.87 Å². The number of hydrogen-bond donors (Lipinski definition) is 2. The molecule has 2 N–H and O–H groups in total. The van der Waals surface area contributed by atoms with Gasteiger partial charge < -0.3 is 10.1 Å². The molecule has 0 amide bonds. The highest BCUT2D eigenvalue weighted by Crippen LogP contribution is 2.45. The lowest BCUT2D eigenvalue weighted by Gasteiger charge is -2.39. The summed E-state index contributed by atoms with van der Waals surface area (Å²) in [5.74, 6) is 0. The second kappa shape index (κ2) is 2.83. The van der Waals surface area contributed by atoms with Gasteiger partial charge in [-0.1, -0.05) is 24.0 Å². The van der Waals surface area contributed by atoms with Crippen molar-refractivity contribution >= 4 is 28.3 Å². The van der Waals surface area contributed by atoms with Crippen LogP contribution >= 0.6 is 24.0 Å². The summed E-state index contributed by atoms with van der Waals surface area (Å²) in [5.41, 5.74) is 2.15. The Morgan fingerprint density at radius 2 is 2.00 bits per heavy atom. The first-order valence-electron chi connectivity index (χ1n) is 3.73. The van der Waals surface area contributed by atoms with Gasteiger partial charge in [-0.05, 0) is 20.8 Å². The van der Waals surface area contributed by atoms with Gasteiger partial charge in [-0.2, -0.15) is 5.48 Å². The van der Waals surface area contributed by atoms with E-state index in [-0.39, 0.29) is 5.54 Å². The van der Waals surface area contributed by atoms with Gasteiger partial charge in [0.25, 0.3) is 0 Å². The normalized spacial score (nSPS) is 34.4. The summed E-state index contributed by atoms with van der Waals surface area (Å²) in [6.45, 7) is 6.03. The van der Waals surface area contributed by atoms with Crippen molar-refractivity contribution in [1.29, 1.82) is 0 Å². The zero-order valence-electron chi connectivity index (χ0n) is 7.71. The van der Waals surface area contributed by atoms with E-state index in [2.05, 4.69) is 5.48 Å². The Labute approximate surface area is 82.5 Å². The Balaban J connectivity index is 3.02. The van der Waals surface area contributed by atoms with Crippen molar-refractivity contribution in [2.45, 2.75) is 31.2 Å². The molecule has 1 saturated heterocycles. The molecule has 0 spiro atoms. The SMILES string of the molecule is CN1C(=S)S[C@](C)(NO)C1(C)C. The molecule has 0 radical (unpaired) electrons. The quantitative estimate of drug-likeness (QED) is 0.501. The highest BCUT2D eigenvalue weighted by Gasteiger charge is 2.52. The molecule has 1 atom stereocenters. The van der Waals surface area contributed by atoms with Gasteiger partial charge >= 0.3 is 0 Å². The maximum absolute atomic E-state index is 9.04. The summed E-state index contributed by atoms with van der Waals surface area (Å²) >= 11 is 6.62. The van der Waals surface area contributed by atoms with Gasteiger partial charge in [-0.15, -0.1) is 0 Å². The van der Waals surface area contributed by atoms with Gasteiger partial charge in [-0.3, -0.25) is 0 Å². The molecule has 12 heavy (non-hydrogen) atoms. The summed E-state index contributed by atoms with van der Waals surface area (Å²) in [4.78, 5) is 1.58. The summed E-state index contributed by atoms with van der Waals surface area (Å²) in [6, 6.07) is 0. The van der Waals surface area contributed by atoms with Crippen molar-refractivity contribution < 1.29 is 5.21 Å². The van der Waals surface area contributed by atoms with Crippen LogP contribution in [-0.2, 0) is 0 Å². The van der Waals surface area contributed by atoms with Gasteiger partial charge in [0.1, 0.15) is 9.19 Å². The number of thioether (sulfide) groups is 1. The van der Waals surface area contributed by atoms with Gasteiger partial charge in [-0.25, -0.2) is 0 Å². The second-order valence-electron chi connectivity index (χ2n) is 3.63. The standard InChI is InChI=1S/C7H14N2OS2/c1-6(2)7(3,8-10)12-5(11)9(6)4/h8,10H,1-4H3/t7-/m0/s1. The molecule has 0 aromatic carbocycles. The van der Waals surface area contributed by atoms with Crippen LogP contribution in [0.2, 0.25) is 0 Å². The van der Waals surface area contributed by atoms with Crippen LogP contribution in [0.15, 0.2) is 0 Å². The number of hydroxylamine groups is 1. The lowest BCUT2D eigenvalue weighted by molar-refractivity contribution is 0.0529. The van der Waals surface area contributed by atoms with Crippen molar-refractivity contribution in [3.8, 4) is 0 Å². The molecule has 1 rings (SSSR count). The fraction of sp³-hybridized carbons (Fsp3) is 0.857. The topological polar surface area (TPSA) is 35.5 Å². The molecule has 5 heteroatoms. The maximum Gasteiger partial charge on any atom is 0.138 e. The minimum absolute atomic E-state index is 0.177. The molecular weight excluding hydrogens is 192 g/mol. The summed E-state index contributed by atoms with van der Waals surface area (Å²) < 4.78 is 0.809. The summed E-state index contributed by atoms with van der Waals surface area (Å²) in [6.07, 6.45) is 0. The van der Waals surface area contributed by atoms with Gasteiger partial charge in [0.05, 0.1) is 5.54 Å². The number of nitrogens with zero attached hydrogens (tertiary/aromatic N) is 1. The highest BCUT2D eigenvalue weighted by molar-refractivity contribution is 8.24. The van der Waals surface area contributed by atoms with E-state index in [1.165, 1.54) is 11.8 Å². The molecule has 0 aliphatic carbocycles. The Hall–Kier alpha value is 0.160.